The predicted octanol–water partition coefficient (Wildman–Crippen LogP) is 2.45. The lowest BCUT2D eigenvalue weighted by molar-refractivity contribution is -0.119. The third-order valence-electron chi connectivity index (χ3n) is 2.81. The second kappa shape index (κ2) is 6.13. The molecule has 0 unspecified atom stereocenters. The number of rotatable bonds is 4. The number of carbonyl (C=O) groups excluding carboxylic acids is 1. The third-order valence-corrected chi connectivity index (χ3v) is 2.81. The highest BCUT2D eigenvalue weighted by Gasteiger charge is 2.07. The number of hydrogen-bond acceptors (Lipinski definition) is 3. The summed E-state index contributed by atoms with van der Waals surface area (Å²) in [5.74, 6) is -0.528. The fraction of sp³-hybridized carbons (Fsp3) is 0.286. The summed E-state index contributed by atoms with van der Waals surface area (Å²) in [6, 6.07) is 5.84. The molecule has 5 heteroatoms. The van der Waals surface area contributed by atoms with Crippen LogP contribution >= 0.6 is 0 Å². The monoisotopic (exact) mass is 261 g/mol. The molecule has 0 fully saturated rings. The van der Waals surface area contributed by atoms with E-state index >= 15 is 0 Å². The van der Waals surface area contributed by atoms with Gasteiger partial charge in [0, 0.05) is 5.69 Å². The standard InChI is InChI=1S/C14H16FN3O/c1-10-2-5-13(8-10)17-18-14(19)9-16-12-6-3-11(15)4-7-12/h3-4,6-8,16H,2,5,9H2,1H3,(H,18,19)/b17-13-. The van der Waals surface area contributed by atoms with Crippen molar-refractivity contribution in [3.05, 3.63) is 41.7 Å². The summed E-state index contributed by atoms with van der Waals surface area (Å²) in [6.07, 6.45) is 3.85. The van der Waals surface area contributed by atoms with Crippen LogP contribution in [0.15, 0.2) is 41.0 Å². The molecule has 1 aliphatic carbocycles. The van der Waals surface area contributed by atoms with Crippen molar-refractivity contribution in [2.24, 2.45) is 5.10 Å². The first-order chi connectivity index (χ1) is 9.13. The van der Waals surface area contributed by atoms with Crippen molar-refractivity contribution in [2.75, 3.05) is 11.9 Å². The number of nitrogens with zero attached hydrogens (tertiary/aromatic N) is 1. The molecule has 1 aromatic carbocycles. The minimum Gasteiger partial charge on any atom is -0.376 e. The molecule has 4 nitrogen and oxygen atoms in total. The zero-order valence-corrected chi connectivity index (χ0v) is 10.7. The highest BCUT2D eigenvalue weighted by Crippen LogP contribution is 2.14. The summed E-state index contributed by atoms with van der Waals surface area (Å²) in [4.78, 5) is 11.5. The summed E-state index contributed by atoms with van der Waals surface area (Å²) < 4.78 is 12.7. The molecule has 19 heavy (non-hydrogen) atoms. The molecule has 0 saturated heterocycles. The van der Waals surface area contributed by atoms with Crippen LogP contribution in [0.1, 0.15) is 19.8 Å². The number of nitrogens with one attached hydrogen (secondary N) is 2. The molecule has 1 aliphatic rings. The largest absolute Gasteiger partial charge is 0.376 e. The highest BCUT2D eigenvalue weighted by atomic mass is 19.1. The molecular weight excluding hydrogens is 245 g/mol. The van der Waals surface area contributed by atoms with Crippen molar-refractivity contribution in [3.8, 4) is 0 Å². The van der Waals surface area contributed by atoms with Gasteiger partial charge in [-0.3, -0.25) is 4.79 Å². The van der Waals surface area contributed by atoms with Gasteiger partial charge in [0.1, 0.15) is 5.82 Å². The maximum atomic E-state index is 12.7. The Morgan fingerprint density at radius 3 is 2.68 bits per heavy atom. The van der Waals surface area contributed by atoms with E-state index in [2.05, 4.69) is 15.8 Å². The SMILES string of the molecule is CC1=C/C(=N\NC(=O)CNc2ccc(F)cc2)CC1. The Bertz CT molecular complexity index is 520. The molecule has 0 bridgehead atoms. The minimum absolute atomic E-state index is 0.102. The van der Waals surface area contributed by atoms with Crippen LogP contribution in [0.3, 0.4) is 0 Å². The van der Waals surface area contributed by atoms with Crippen molar-refractivity contribution in [1.29, 1.82) is 0 Å². The number of halogens is 1. The fourth-order valence-corrected chi connectivity index (χ4v) is 1.77. The summed E-state index contributed by atoms with van der Waals surface area (Å²) in [5, 5.41) is 6.93. The lowest BCUT2D eigenvalue weighted by Crippen LogP contribution is -2.26. The highest BCUT2D eigenvalue weighted by molar-refractivity contribution is 5.98. The first-order valence-electron chi connectivity index (χ1n) is 6.15. The van der Waals surface area contributed by atoms with Gasteiger partial charge in [-0.05, 0) is 50.1 Å². The molecule has 0 heterocycles. The van der Waals surface area contributed by atoms with E-state index in [0.29, 0.717) is 5.69 Å². The molecule has 100 valence electrons. The van der Waals surface area contributed by atoms with Crippen LogP contribution in [-0.4, -0.2) is 18.2 Å². The quantitative estimate of drug-likeness (QED) is 0.818. The van der Waals surface area contributed by atoms with Crippen LogP contribution in [0, 0.1) is 5.82 Å². The van der Waals surface area contributed by atoms with E-state index in [1.165, 1.54) is 17.7 Å². The van der Waals surface area contributed by atoms with Crippen molar-refractivity contribution in [3.63, 3.8) is 0 Å². The van der Waals surface area contributed by atoms with Gasteiger partial charge in [0.15, 0.2) is 0 Å². The Morgan fingerprint density at radius 1 is 1.32 bits per heavy atom. The Kier molecular flexibility index (Phi) is 4.28. The number of allylic oxidation sites excluding steroid dienone is 2. The number of anilines is 1. The van der Waals surface area contributed by atoms with E-state index in [0.717, 1.165) is 18.6 Å². The lowest BCUT2D eigenvalue weighted by atomic mass is 10.3. The Labute approximate surface area is 111 Å². The van der Waals surface area contributed by atoms with Gasteiger partial charge in [0.2, 0.25) is 0 Å². The first-order valence-corrected chi connectivity index (χ1v) is 6.15. The Morgan fingerprint density at radius 2 is 2.05 bits per heavy atom. The fourth-order valence-electron chi connectivity index (χ4n) is 1.77. The van der Waals surface area contributed by atoms with Crippen LogP contribution in [-0.2, 0) is 4.79 Å². The summed E-state index contributed by atoms with van der Waals surface area (Å²) in [5.41, 5.74) is 5.36. The van der Waals surface area contributed by atoms with E-state index in [1.54, 1.807) is 12.1 Å². The van der Waals surface area contributed by atoms with Crippen LogP contribution in [0.2, 0.25) is 0 Å². The number of benzene rings is 1. The molecule has 0 aromatic heterocycles. The molecule has 2 rings (SSSR count). The molecule has 1 aromatic rings. The molecule has 0 saturated carbocycles. The molecular formula is C14H16FN3O. The van der Waals surface area contributed by atoms with E-state index in [4.69, 9.17) is 0 Å². The number of amides is 1. The molecule has 0 radical (unpaired) electrons. The van der Waals surface area contributed by atoms with Crippen molar-refractivity contribution in [1.82, 2.24) is 5.43 Å². The number of hydrogen-bond donors (Lipinski definition) is 2. The van der Waals surface area contributed by atoms with Crippen molar-refractivity contribution >= 4 is 17.3 Å². The normalized spacial score (nSPS) is 16.3. The average Bonchev–Trinajstić information content (AvgIpc) is 2.81. The smallest absolute Gasteiger partial charge is 0.259 e. The molecule has 2 N–H and O–H groups in total. The van der Waals surface area contributed by atoms with E-state index < -0.39 is 0 Å². The average molecular weight is 261 g/mol. The maximum Gasteiger partial charge on any atom is 0.259 e. The van der Waals surface area contributed by atoms with E-state index in [9.17, 15) is 9.18 Å². The molecule has 0 aliphatic heterocycles. The van der Waals surface area contributed by atoms with Crippen LogP contribution in [0.25, 0.3) is 0 Å². The second-order valence-electron chi connectivity index (χ2n) is 4.49. The second-order valence-corrected chi connectivity index (χ2v) is 4.49. The summed E-state index contributed by atoms with van der Waals surface area (Å²) >= 11 is 0. The number of hydrazone groups is 1. The van der Waals surface area contributed by atoms with Gasteiger partial charge in [0.25, 0.3) is 5.91 Å². The van der Waals surface area contributed by atoms with Gasteiger partial charge in [-0.25, -0.2) is 9.82 Å². The van der Waals surface area contributed by atoms with Gasteiger partial charge in [-0.15, -0.1) is 0 Å². The van der Waals surface area contributed by atoms with Crippen molar-refractivity contribution in [2.45, 2.75) is 19.8 Å². The van der Waals surface area contributed by atoms with Crippen LogP contribution < -0.4 is 10.7 Å². The summed E-state index contributed by atoms with van der Waals surface area (Å²) in [6.45, 7) is 2.14. The third kappa shape index (κ3) is 4.21. The molecule has 1 amide bonds. The van der Waals surface area contributed by atoms with Crippen molar-refractivity contribution < 1.29 is 9.18 Å². The van der Waals surface area contributed by atoms with Gasteiger partial charge < -0.3 is 5.32 Å². The minimum atomic E-state index is -0.301. The van der Waals surface area contributed by atoms with Gasteiger partial charge in [-0.1, -0.05) is 5.57 Å². The Balaban J connectivity index is 1.77. The number of carbonyl (C=O) groups is 1. The topological polar surface area (TPSA) is 53.5 Å². The Hall–Kier alpha value is -2.17. The maximum absolute atomic E-state index is 12.7. The first kappa shape index (κ1) is 13.3. The van der Waals surface area contributed by atoms with E-state index in [1.807, 2.05) is 13.0 Å². The van der Waals surface area contributed by atoms with Gasteiger partial charge >= 0.3 is 0 Å². The predicted molar refractivity (Wildman–Crippen MR) is 73.5 cm³/mol. The van der Waals surface area contributed by atoms with E-state index in [-0.39, 0.29) is 18.3 Å². The molecule has 0 spiro atoms. The van der Waals surface area contributed by atoms with Gasteiger partial charge in [0.05, 0.1) is 12.3 Å². The summed E-state index contributed by atoms with van der Waals surface area (Å²) in [7, 11) is 0. The van der Waals surface area contributed by atoms with Crippen LogP contribution in [0.5, 0.6) is 0 Å². The zero-order chi connectivity index (χ0) is 13.7. The molecule has 0 atom stereocenters. The zero-order valence-electron chi connectivity index (χ0n) is 10.7. The van der Waals surface area contributed by atoms with Gasteiger partial charge in [-0.2, -0.15) is 5.10 Å². The lowest BCUT2D eigenvalue weighted by Gasteiger charge is -2.05. The van der Waals surface area contributed by atoms with Crippen LogP contribution in [0.4, 0.5) is 10.1 Å².